The van der Waals surface area contributed by atoms with Crippen LogP contribution in [0, 0.1) is 0 Å². The Morgan fingerprint density at radius 2 is 1.82 bits per heavy atom. The zero-order valence-corrected chi connectivity index (χ0v) is 12.1. The molecule has 0 atom stereocenters. The Bertz CT molecular complexity index is 292. The van der Waals surface area contributed by atoms with Gasteiger partial charge in [0, 0.05) is 17.5 Å². The Kier molecular flexibility index (Phi) is 7.38. The van der Waals surface area contributed by atoms with E-state index in [0.29, 0.717) is 6.04 Å². The highest BCUT2D eigenvalue weighted by atomic mass is 32.2. The summed E-state index contributed by atoms with van der Waals surface area (Å²) in [4.78, 5) is 1.40. The maximum atomic E-state index is 3.43. The van der Waals surface area contributed by atoms with E-state index in [9.17, 15) is 0 Å². The van der Waals surface area contributed by atoms with Crippen molar-refractivity contribution in [3.8, 4) is 0 Å². The second-order valence-electron chi connectivity index (χ2n) is 4.74. The second-order valence-corrected chi connectivity index (χ2v) is 5.90. The summed E-state index contributed by atoms with van der Waals surface area (Å²) in [6.45, 7) is 7.58. The number of nitrogens with one attached hydrogen (secondary N) is 1. The van der Waals surface area contributed by atoms with Gasteiger partial charge in [-0.25, -0.2) is 0 Å². The molecule has 0 saturated heterocycles. The summed E-state index contributed by atoms with van der Waals surface area (Å²) in [5, 5.41) is 3.43. The lowest BCUT2D eigenvalue weighted by atomic mass is 10.2. The van der Waals surface area contributed by atoms with Crippen LogP contribution < -0.4 is 5.32 Å². The molecule has 0 bridgehead atoms. The van der Waals surface area contributed by atoms with Gasteiger partial charge in [-0.2, -0.15) is 0 Å². The predicted molar refractivity (Wildman–Crippen MR) is 78.7 cm³/mol. The molecule has 0 unspecified atom stereocenters. The van der Waals surface area contributed by atoms with Crippen LogP contribution in [0.15, 0.2) is 29.2 Å². The van der Waals surface area contributed by atoms with Gasteiger partial charge in [0.1, 0.15) is 0 Å². The lowest BCUT2D eigenvalue weighted by molar-refractivity contribution is 0.588. The molecule has 17 heavy (non-hydrogen) atoms. The molecule has 0 amide bonds. The Morgan fingerprint density at radius 3 is 2.41 bits per heavy atom. The van der Waals surface area contributed by atoms with Crippen LogP contribution in [0.5, 0.6) is 0 Å². The highest BCUT2D eigenvalue weighted by Crippen LogP contribution is 2.20. The third kappa shape index (κ3) is 6.75. The molecule has 0 aliphatic rings. The summed E-state index contributed by atoms with van der Waals surface area (Å²) in [6, 6.07) is 9.51. The fourth-order valence-corrected chi connectivity index (χ4v) is 2.48. The molecule has 0 heterocycles. The lowest BCUT2D eigenvalue weighted by Gasteiger charge is -2.08. The highest BCUT2D eigenvalue weighted by molar-refractivity contribution is 7.99. The zero-order chi connectivity index (χ0) is 12.5. The van der Waals surface area contributed by atoms with Crippen LogP contribution in [0.3, 0.4) is 0 Å². The molecule has 0 spiro atoms. The van der Waals surface area contributed by atoms with Gasteiger partial charge in [-0.1, -0.05) is 45.7 Å². The van der Waals surface area contributed by atoms with E-state index in [1.807, 2.05) is 11.8 Å². The van der Waals surface area contributed by atoms with E-state index in [4.69, 9.17) is 0 Å². The summed E-state index contributed by atoms with van der Waals surface area (Å²) >= 11 is 1.97. The SMILES string of the molecule is CCCCCSc1ccc(CNC(C)C)cc1. The fraction of sp³-hybridized carbons (Fsp3) is 0.600. The number of benzene rings is 1. The van der Waals surface area contributed by atoms with Crippen molar-refractivity contribution in [1.82, 2.24) is 5.32 Å². The molecular weight excluding hydrogens is 226 g/mol. The molecule has 0 radical (unpaired) electrons. The van der Waals surface area contributed by atoms with Gasteiger partial charge in [-0.3, -0.25) is 0 Å². The zero-order valence-electron chi connectivity index (χ0n) is 11.3. The average molecular weight is 251 g/mol. The molecule has 1 aromatic carbocycles. The number of unbranched alkanes of at least 4 members (excludes halogenated alkanes) is 2. The number of thioether (sulfide) groups is 1. The van der Waals surface area contributed by atoms with Gasteiger partial charge in [0.05, 0.1) is 0 Å². The lowest BCUT2D eigenvalue weighted by Crippen LogP contribution is -2.21. The molecule has 2 heteroatoms. The second kappa shape index (κ2) is 8.60. The normalized spacial score (nSPS) is 11.1. The van der Waals surface area contributed by atoms with Crippen molar-refractivity contribution >= 4 is 11.8 Å². The molecule has 0 aromatic heterocycles. The van der Waals surface area contributed by atoms with Crippen molar-refractivity contribution < 1.29 is 0 Å². The molecule has 96 valence electrons. The van der Waals surface area contributed by atoms with Gasteiger partial charge in [0.15, 0.2) is 0 Å². The quantitative estimate of drug-likeness (QED) is 0.540. The van der Waals surface area contributed by atoms with Crippen molar-refractivity contribution in [2.45, 2.75) is 57.5 Å². The molecule has 0 aliphatic carbocycles. The Morgan fingerprint density at radius 1 is 1.12 bits per heavy atom. The third-order valence-electron chi connectivity index (χ3n) is 2.65. The summed E-state index contributed by atoms with van der Waals surface area (Å²) in [5.41, 5.74) is 1.37. The standard InChI is InChI=1S/C15H25NS/c1-4-5-6-11-17-15-9-7-14(8-10-15)12-16-13(2)3/h7-10,13,16H,4-6,11-12H2,1-3H3. The molecule has 0 fully saturated rings. The van der Waals surface area contributed by atoms with E-state index < -0.39 is 0 Å². The summed E-state index contributed by atoms with van der Waals surface area (Å²) in [6.07, 6.45) is 3.99. The molecule has 0 aliphatic heterocycles. The minimum absolute atomic E-state index is 0.554. The first kappa shape index (κ1) is 14.6. The van der Waals surface area contributed by atoms with Crippen LogP contribution in [0.25, 0.3) is 0 Å². The van der Waals surface area contributed by atoms with E-state index >= 15 is 0 Å². The van der Waals surface area contributed by atoms with Crippen molar-refractivity contribution in [2.24, 2.45) is 0 Å². The molecular formula is C15H25NS. The van der Waals surface area contributed by atoms with Gasteiger partial charge in [-0.05, 0) is 29.9 Å². The monoisotopic (exact) mass is 251 g/mol. The van der Waals surface area contributed by atoms with E-state index in [1.165, 1.54) is 35.5 Å². The van der Waals surface area contributed by atoms with Crippen molar-refractivity contribution in [1.29, 1.82) is 0 Å². The minimum atomic E-state index is 0.554. The van der Waals surface area contributed by atoms with E-state index in [2.05, 4.69) is 50.4 Å². The Labute approximate surface area is 110 Å². The van der Waals surface area contributed by atoms with Gasteiger partial charge >= 0.3 is 0 Å². The van der Waals surface area contributed by atoms with E-state index in [1.54, 1.807) is 0 Å². The van der Waals surface area contributed by atoms with E-state index in [0.717, 1.165) is 6.54 Å². The average Bonchev–Trinajstić information content (AvgIpc) is 2.33. The van der Waals surface area contributed by atoms with Crippen LogP contribution in [0.4, 0.5) is 0 Å². The first-order valence-corrected chi connectivity index (χ1v) is 7.66. The molecule has 1 aromatic rings. The predicted octanol–water partition coefficient (Wildman–Crippen LogP) is 4.47. The number of hydrogen-bond acceptors (Lipinski definition) is 2. The fourth-order valence-electron chi connectivity index (χ4n) is 1.57. The Balaban J connectivity index is 2.29. The van der Waals surface area contributed by atoms with Crippen LogP contribution in [0.2, 0.25) is 0 Å². The van der Waals surface area contributed by atoms with Crippen molar-refractivity contribution in [3.05, 3.63) is 29.8 Å². The van der Waals surface area contributed by atoms with E-state index in [-0.39, 0.29) is 0 Å². The third-order valence-corrected chi connectivity index (χ3v) is 3.75. The summed E-state index contributed by atoms with van der Waals surface area (Å²) in [7, 11) is 0. The maximum absolute atomic E-state index is 3.43. The summed E-state index contributed by atoms with van der Waals surface area (Å²) < 4.78 is 0. The Hall–Kier alpha value is -0.470. The van der Waals surface area contributed by atoms with Crippen LogP contribution >= 0.6 is 11.8 Å². The smallest absolute Gasteiger partial charge is 0.0207 e. The molecule has 1 rings (SSSR count). The minimum Gasteiger partial charge on any atom is -0.310 e. The highest BCUT2D eigenvalue weighted by Gasteiger charge is 1.97. The first-order chi connectivity index (χ1) is 8.22. The van der Waals surface area contributed by atoms with Gasteiger partial charge in [0.2, 0.25) is 0 Å². The van der Waals surface area contributed by atoms with Crippen molar-refractivity contribution in [3.63, 3.8) is 0 Å². The first-order valence-electron chi connectivity index (χ1n) is 6.67. The van der Waals surface area contributed by atoms with Crippen LogP contribution in [0.1, 0.15) is 45.6 Å². The van der Waals surface area contributed by atoms with Gasteiger partial charge in [-0.15, -0.1) is 11.8 Å². The molecule has 1 N–H and O–H groups in total. The summed E-state index contributed by atoms with van der Waals surface area (Å²) in [5.74, 6) is 1.25. The maximum Gasteiger partial charge on any atom is 0.0207 e. The molecule has 1 nitrogen and oxygen atoms in total. The van der Waals surface area contributed by atoms with Crippen LogP contribution in [-0.4, -0.2) is 11.8 Å². The number of rotatable bonds is 8. The van der Waals surface area contributed by atoms with Gasteiger partial charge < -0.3 is 5.32 Å². The topological polar surface area (TPSA) is 12.0 Å². The van der Waals surface area contributed by atoms with Gasteiger partial charge in [0.25, 0.3) is 0 Å². The van der Waals surface area contributed by atoms with Crippen LogP contribution in [-0.2, 0) is 6.54 Å². The number of hydrogen-bond donors (Lipinski definition) is 1. The molecule has 0 saturated carbocycles. The largest absolute Gasteiger partial charge is 0.310 e. The van der Waals surface area contributed by atoms with Crippen molar-refractivity contribution in [2.75, 3.05) is 5.75 Å².